The summed E-state index contributed by atoms with van der Waals surface area (Å²) in [7, 11) is 0. The van der Waals surface area contributed by atoms with Crippen LogP contribution >= 0.6 is 0 Å². The van der Waals surface area contributed by atoms with Crippen molar-refractivity contribution in [3.05, 3.63) is 0 Å². The van der Waals surface area contributed by atoms with Crippen LogP contribution in [0.5, 0.6) is 0 Å². The minimum atomic E-state index is 0.0402. The van der Waals surface area contributed by atoms with E-state index < -0.39 is 0 Å². The molecule has 15 heavy (non-hydrogen) atoms. The molecular formula is C12H23NO2. The molecule has 0 spiro atoms. The Hall–Kier alpha value is -0.120. The maximum Gasteiger partial charge on any atom is 0.0483 e. The topological polar surface area (TPSA) is 44.5 Å². The van der Waals surface area contributed by atoms with Gasteiger partial charge >= 0.3 is 0 Å². The number of hydrogen-bond acceptors (Lipinski definition) is 3. The molecule has 3 heteroatoms. The Morgan fingerprint density at radius 2 is 1.73 bits per heavy atom. The summed E-state index contributed by atoms with van der Waals surface area (Å²) in [4.78, 5) is 0. The lowest BCUT2D eigenvalue weighted by molar-refractivity contribution is 0.0540. The second-order valence-electron chi connectivity index (χ2n) is 5.09. The van der Waals surface area contributed by atoms with Gasteiger partial charge in [0.05, 0.1) is 0 Å². The number of rotatable bonds is 2. The molecule has 0 radical (unpaired) electrons. The summed E-state index contributed by atoms with van der Waals surface area (Å²) in [5.41, 5.74) is 6.51. The summed E-state index contributed by atoms with van der Waals surface area (Å²) in [6, 6.07) is 0. The maximum atomic E-state index is 6.47. The van der Waals surface area contributed by atoms with Crippen LogP contribution in [0.3, 0.4) is 0 Å². The first kappa shape index (κ1) is 11.4. The minimum absolute atomic E-state index is 0.0402. The predicted octanol–water partition coefficient (Wildman–Crippen LogP) is 1.70. The van der Waals surface area contributed by atoms with Gasteiger partial charge in [0.15, 0.2) is 0 Å². The average Bonchev–Trinajstić information content (AvgIpc) is 2.45. The van der Waals surface area contributed by atoms with E-state index in [-0.39, 0.29) is 5.54 Å². The van der Waals surface area contributed by atoms with Gasteiger partial charge in [-0.25, -0.2) is 0 Å². The van der Waals surface area contributed by atoms with E-state index in [0.29, 0.717) is 0 Å². The summed E-state index contributed by atoms with van der Waals surface area (Å²) in [6.45, 7) is 3.60. The van der Waals surface area contributed by atoms with Crippen molar-refractivity contribution in [1.82, 2.24) is 0 Å². The van der Waals surface area contributed by atoms with Crippen molar-refractivity contribution in [2.45, 2.75) is 44.1 Å². The van der Waals surface area contributed by atoms with E-state index in [1.54, 1.807) is 0 Å². The van der Waals surface area contributed by atoms with Gasteiger partial charge in [0.1, 0.15) is 0 Å². The smallest absolute Gasteiger partial charge is 0.0483 e. The molecule has 0 aliphatic carbocycles. The molecule has 2 aliphatic heterocycles. The maximum absolute atomic E-state index is 6.47. The molecule has 2 fully saturated rings. The third kappa shape index (κ3) is 3.44. The molecule has 2 aliphatic rings. The van der Waals surface area contributed by atoms with Crippen molar-refractivity contribution in [1.29, 1.82) is 0 Å². The van der Waals surface area contributed by atoms with Crippen molar-refractivity contribution in [3.63, 3.8) is 0 Å². The van der Waals surface area contributed by atoms with Crippen molar-refractivity contribution in [3.8, 4) is 0 Å². The monoisotopic (exact) mass is 213 g/mol. The van der Waals surface area contributed by atoms with Crippen LogP contribution in [0.15, 0.2) is 0 Å². The van der Waals surface area contributed by atoms with Crippen LogP contribution in [0.25, 0.3) is 0 Å². The second-order valence-corrected chi connectivity index (χ2v) is 5.09. The van der Waals surface area contributed by atoms with Crippen molar-refractivity contribution < 1.29 is 9.47 Å². The van der Waals surface area contributed by atoms with Crippen molar-refractivity contribution >= 4 is 0 Å². The second kappa shape index (κ2) is 5.28. The summed E-state index contributed by atoms with van der Waals surface area (Å²) in [6.07, 6.45) is 6.84. The number of nitrogens with two attached hydrogens (primary N) is 1. The molecule has 0 amide bonds. The SMILES string of the molecule is NC1(CC2CCOCC2)CCCOCC1. The highest BCUT2D eigenvalue weighted by atomic mass is 16.5. The molecule has 0 aromatic heterocycles. The number of hydrogen-bond donors (Lipinski definition) is 1. The molecule has 2 rings (SSSR count). The normalized spacial score (nSPS) is 35.0. The molecule has 1 atom stereocenters. The third-order valence-corrected chi connectivity index (χ3v) is 3.74. The summed E-state index contributed by atoms with van der Waals surface area (Å²) < 4.78 is 10.9. The molecule has 0 saturated carbocycles. The quantitative estimate of drug-likeness (QED) is 0.759. The van der Waals surface area contributed by atoms with Crippen LogP contribution in [-0.2, 0) is 9.47 Å². The largest absolute Gasteiger partial charge is 0.381 e. The van der Waals surface area contributed by atoms with E-state index in [2.05, 4.69) is 0 Å². The Kier molecular flexibility index (Phi) is 4.00. The van der Waals surface area contributed by atoms with Crippen LogP contribution in [0.2, 0.25) is 0 Å². The van der Waals surface area contributed by atoms with Crippen LogP contribution in [0.1, 0.15) is 38.5 Å². The van der Waals surface area contributed by atoms with Gasteiger partial charge in [-0.3, -0.25) is 0 Å². The Bertz CT molecular complexity index is 182. The van der Waals surface area contributed by atoms with Gasteiger partial charge in [0.25, 0.3) is 0 Å². The van der Waals surface area contributed by atoms with Crippen LogP contribution in [-0.4, -0.2) is 32.0 Å². The molecule has 0 aromatic rings. The first-order chi connectivity index (χ1) is 7.29. The molecule has 2 heterocycles. The minimum Gasteiger partial charge on any atom is -0.381 e. The van der Waals surface area contributed by atoms with E-state index in [9.17, 15) is 0 Å². The van der Waals surface area contributed by atoms with E-state index in [1.165, 1.54) is 19.3 Å². The Morgan fingerprint density at radius 1 is 1.00 bits per heavy atom. The molecule has 0 bridgehead atoms. The average molecular weight is 213 g/mol. The molecule has 88 valence electrons. The standard InChI is InChI=1S/C12H23NO2/c13-12(4-1-6-14-9-5-12)10-11-2-7-15-8-3-11/h11H,1-10,13H2. The summed E-state index contributed by atoms with van der Waals surface area (Å²) in [5.74, 6) is 0.779. The van der Waals surface area contributed by atoms with Crippen LogP contribution < -0.4 is 5.73 Å². The zero-order chi connectivity index (χ0) is 10.6. The fourth-order valence-electron chi connectivity index (χ4n) is 2.76. The molecule has 3 nitrogen and oxygen atoms in total. The highest BCUT2D eigenvalue weighted by Crippen LogP contribution is 2.30. The molecule has 1 unspecified atom stereocenters. The Labute approximate surface area is 92.3 Å². The highest BCUT2D eigenvalue weighted by molar-refractivity contribution is 4.88. The number of ether oxygens (including phenoxy) is 2. The lowest BCUT2D eigenvalue weighted by Gasteiger charge is -2.33. The van der Waals surface area contributed by atoms with Gasteiger partial charge in [-0.1, -0.05) is 0 Å². The van der Waals surface area contributed by atoms with Gasteiger partial charge in [-0.2, -0.15) is 0 Å². The predicted molar refractivity (Wildman–Crippen MR) is 59.7 cm³/mol. The van der Waals surface area contributed by atoms with E-state index in [1.807, 2.05) is 0 Å². The van der Waals surface area contributed by atoms with E-state index in [0.717, 1.165) is 51.6 Å². The van der Waals surface area contributed by atoms with E-state index >= 15 is 0 Å². The van der Waals surface area contributed by atoms with Crippen LogP contribution in [0.4, 0.5) is 0 Å². The van der Waals surface area contributed by atoms with Gasteiger partial charge in [-0.15, -0.1) is 0 Å². The van der Waals surface area contributed by atoms with Crippen molar-refractivity contribution in [2.75, 3.05) is 26.4 Å². The molecule has 2 saturated heterocycles. The lowest BCUT2D eigenvalue weighted by Crippen LogP contribution is -2.42. The van der Waals surface area contributed by atoms with Crippen LogP contribution in [0, 0.1) is 5.92 Å². The third-order valence-electron chi connectivity index (χ3n) is 3.74. The van der Waals surface area contributed by atoms with Crippen molar-refractivity contribution in [2.24, 2.45) is 11.7 Å². The Balaban J connectivity index is 1.83. The molecule has 0 aromatic carbocycles. The van der Waals surface area contributed by atoms with Gasteiger partial charge in [0, 0.05) is 32.0 Å². The van der Waals surface area contributed by atoms with E-state index in [4.69, 9.17) is 15.2 Å². The zero-order valence-electron chi connectivity index (χ0n) is 9.54. The fraction of sp³-hybridized carbons (Fsp3) is 1.00. The first-order valence-electron chi connectivity index (χ1n) is 6.23. The summed E-state index contributed by atoms with van der Waals surface area (Å²) in [5, 5.41) is 0. The molecule has 2 N–H and O–H groups in total. The fourth-order valence-corrected chi connectivity index (χ4v) is 2.76. The molecular weight excluding hydrogens is 190 g/mol. The zero-order valence-corrected chi connectivity index (χ0v) is 9.54. The lowest BCUT2D eigenvalue weighted by atomic mass is 9.80. The van der Waals surface area contributed by atoms with Gasteiger partial charge < -0.3 is 15.2 Å². The first-order valence-corrected chi connectivity index (χ1v) is 6.23. The highest BCUT2D eigenvalue weighted by Gasteiger charge is 2.30. The van der Waals surface area contributed by atoms with Gasteiger partial charge in [-0.05, 0) is 44.4 Å². The van der Waals surface area contributed by atoms with Gasteiger partial charge in [0.2, 0.25) is 0 Å². The summed E-state index contributed by atoms with van der Waals surface area (Å²) >= 11 is 0. The Morgan fingerprint density at radius 3 is 2.53 bits per heavy atom.